The lowest BCUT2D eigenvalue weighted by molar-refractivity contribution is 0.182. The lowest BCUT2D eigenvalue weighted by Crippen LogP contribution is -2.32. The fourth-order valence-electron chi connectivity index (χ4n) is 3.03. The maximum absolute atomic E-state index is 12.3. The average Bonchev–Trinajstić information content (AvgIpc) is 3.23. The Hall–Kier alpha value is -1.84. The van der Waals surface area contributed by atoms with E-state index in [0.717, 1.165) is 11.5 Å². The molecule has 0 N–H and O–H groups in total. The van der Waals surface area contributed by atoms with Crippen LogP contribution in [0.2, 0.25) is 0 Å². The fraction of sp³-hybridized carbons (Fsp3) is 0.588. The maximum Gasteiger partial charge on any atom is 0.214 e. The minimum Gasteiger partial charge on any atom is -0.379 e. The van der Waals surface area contributed by atoms with Crippen LogP contribution in [0.3, 0.4) is 0 Å². The third-order valence-electron chi connectivity index (χ3n) is 4.59. The standard InChI is InChI=1S/C17H25N5O3S/c1-12(2)16-18-6-5-14(20-16)17-19-7-8-22(17)15-10-25-9-13(15)11-26(23,24)21(3)4/h5-8,12-13,15H,9-11H2,1-4H3/t13-,15+/m0/s1. The number of sulfonamides is 1. The number of ether oxygens (including phenoxy) is 1. The Bertz CT molecular complexity index is 863. The van der Waals surface area contributed by atoms with Crippen molar-refractivity contribution in [2.75, 3.05) is 33.1 Å². The molecule has 0 aromatic carbocycles. The second kappa shape index (κ2) is 7.42. The summed E-state index contributed by atoms with van der Waals surface area (Å²) in [5.41, 5.74) is 0.731. The first-order valence-corrected chi connectivity index (χ1v) is 10.2. The molecule has 1 aliphatic heterocycles. The molecule has 3 heterocycles. The first-order valence-electron chi connectivity index (χ1n) is 8.63. The summed E-state index contributed by atoms with van der Waals surface area (Å²) < 4.78 is 33.5. The second-order valence-electron chi connectivity index (χ2n) is 7.04. The molecule has 0 bridgehead atoms. The molecule has 1 aliphatic rings. The van der Waals surface area contributed by atoms with E-state index in [9.17, 15) is 8.42 Å². The highest BCUT2D eigenvalue weighted by atomic mass is 32.2. The summed E-state index contributed by atoms with van der Waals surface area (Å²) in [6.07, 6.45) is 5.30. The number of hydrogen-bond acceptors (Lipinski definition) is 6. The van der Waals surface area contributed by atoms with E-state index < -0.39 is 10.0 Å². The van der Waals surface area contributed by atoms with Crippen molar-refractivity contribution in [2.45, 2.75) is 25.8 Å². The van der Waals surface area contributed by atoms with Crippen LogP contribution in [-0.4, -0.2) is 65.3 Å². The smallest absolute Gasteiger partial charge is 0.214 e. The van der Waals surface area contributed by atoms with E-state index in [0.29, 0.717) is 19.0 Å². The van der Waals surface area contributed by atoms with Crippen LogP contribution in [0, 0.1) is 5.92 Å². The molecule has 3 rings (SSSR count). The molecular weight excluding hydrogens is 354 g/mol. The summed E-state index contributed by atoms with van der Waals surface area (Å²) in [4.78, 5) is 13.4. The third kappa shape index (κ3) is 3.79. The van der Waals surface area contributed by atoms with Crippen molar-refractivity contribution in [3.8, 4) is 11.5 Å². The average molecular weight is 379 g/mol. The molecule has 1 fully saturated rings. The number of nitrogens with zero attached hydrogens (tertiary/aromatic N) is 5. The molecule has 0 radical (unpaired) electrons. The van der Waals surface area contributed by atoms with Gasteiger partial charge in [-0.1, -0.05) is 13.8 Å². The molecule has 0 amide bonds. The Balaban J connectivity index is 1.91. The zero-order valence-electron chi connectivity index (χ0n) is 15.5. The van der Waals surface area contributed by atoms with Gasteiger partial charge in [0.2, 0.25) is 10.0 Å². The summed E-state index contributed by atoms with van der Waals surface area (Å²) >= 11 is 0. The lowest BCUT2D eigenvalue weighted by Gasteiger charge is -2.22. The highest BCUT2D eigenvalue weighted by molar-refractivity contribution is 7.89. The van der Waals surface area contributed by atoms with Gasteiger partial charge in [-0.05, 0) is 6.07 Å². The second-order valence-corrected chi connectivity index (χ2v) is 9.27. The van der Waals surface area contributed by atoms with Crippen molar-refractivity contribution >= 4 is 10.0 Å². The van der Waals surface area contributed by atoms with Crippen LogP contribution in [0.4, 0.5) is 0 Å². The van der Waals surface area contributed by atoms with Gasteiger partial charge in [0, 0.05) is 44.5 Å². The predicted octanol–water partition coefficient (Wildman–Crippen LogP) is 1.54. The molecule has 9 heteroatoms. The number of rotatable bonds is 6. The summed E-state index contributed by atoms with van der Waals surface area (Å²) in [6.45, 7) is 4.95. The Labute approximate surface area is 154 Å². The molecule has 8 nitrogen and oxygen atoms in total. The SMILES string of the molecule is CC(C)c1nccc(-c2nccn2[C@@H]2COC[C@H]2CS(=O)(=O)N(C)C)n1. The Kier molecular flexibility index (Phi) is 5.40. The van der Waals surface area contributed by atoms with Gasteiger partial charge in [-0.3, -0.25) is 0 Å². The fourth-order valence-corrected chi connectivity index (χ4v) is 4.19. The molecule has 26 heavy (non-hydrogen) atoms. The van der Waals surface area contributed by atoms with Gasteiger partial charge >= 0.3 is 0 Å². The minimum absolute atomic E-state index is 0.0449. The summed E-state index contributed by atoms with van der Waals surface area (Å²) in [5, 5.41) is 0. The van der Waals surface area contributed by atoms with Crippen LogP contribution in [0.25, 0.3) is 11.5 Å². The zero-order chi connectivity index (χ0) is 18.9. The van der Waals surface area contributed by atoms with Crippen LogP contribution in [0.1, 0.15) is 31.6 Å². The predicted molar refractivity (Wildman–Crippen MR) is 98.2 cm³/mol. The van der Waals surface area contributed by atoms with E-state index in [1.54, 1.807) is 26.5 Å². The van der Waals surface area contributed by atoms with Crippen molar-refractivity contribution in [2.24, 2.45) is 5.92 Å². The summed E-state index contributed by atoms with van der Waals surface area (Å²) in [7, 11) is -0.202. The van der Waals surface area contributed by atoms with Crippen molar-refractivity contribution < 1.29 is 13.2 Å². The molecule has 0 spiro atoms. The molecule has 142 valence electrons. The van der Waals surface area contributed by atoms with Gasteiger partial charge in [-0.2, -0.15) is 0 Å². The monoisotopic (exact) mass is 379 g/mol. The molecule has 2 aromatic rings. The Morgan fingerprint density at radius 2 is 2.04 bits per heavy atom. The molecule has 0 unspecified atom stereocenters. The largest absolute Gasteiger partial charge is 0.379 e. The van der Waals surface area contributed by atoms with Crippen molar-refractivity contribution in [3.05, 3.63) is 30.5 Å². The topological polar surface area (TPSA) is 90.2 Å². The number of aromatic nitrogens is 4. The van der Waals surface area contributed by atoms with Gasteiger partial charge in [0.15, 0.2) is 5.82 Å². The third-order valence-corrected chi connectivity index (χ3v) is 6.55. The number of imidazole rings is 1. The van der Waals surface area contributed by atoms with Crippen LogP contribution in [0.15, 0.2) is 24.7 Å². The maximum atomic E-state index is 12.3. The van der Waals surface area contributed by atoms with Gasteiger partial charge < -0.3 is 9.30 Å². The van der Waals surface area contributed by atoms with E-state index >= 15 is 0 Å². The first-order chi connectivity index (χ1) is 12.3. The van der Waals surface area contributed by atoms with Crippen molar-refractivity contribution in [1.82, 2.24) is 23.8 Å². The number of hydrogen-bond donors (Lipinski definition) is 0. The van der Waals surface area contributed by atoms with Gasteiger partial charge in [-0.25, -0.2) is 27.7 Å². The van der Waals surface area contributed by atoms with Gasteiger partial charge in [-0.15, -0.1) is 0 Å². The molecule has 0 saturated carbocycles. The highest BCUT2D eigenvalue weighted by Gasteiger charge is 2.35. The van der Waals surface area contributed by atoms with Crippen molar-refractivity contribution in [1.29, 1.82) is 0 Å². The van der Waals surface area contributed by atoms with E-state index in [2.05, 4.69) is 15.0 Å². The lowest BCUT2D eigenvalue weighted by atomic mass is 10.1. The molecule has 1 saturated heterocycles. The quantitative estimate of drug-likeness (QED) is 0.756. The van der Waals surface area contributed by atoms with Gasteiger partial charge in [0.25, 0.3) is 0 Å². The Morgan fingerprint density at radius 1 is 1.27 bits per heavy atom. The van der Waals surface area contributed by atoms with E-state index in [-0.39, 0.29) is 23.6 Å². The van der Waals surface area contributed by atoms with E-state index in [4.69, 9.17) is 4.74 Å². The summed E-state index contributed by atoms with van der Waals surface area (Å²) in [5.74, 6) is 1.58. The van der Waals surface area contributed by atoms with Gasteiger partial charge in [0.05, 0.1) is 25.0 Å². The molecular formula is C17H25N5O3S. The Morgan fingerprint density at radius 3 is 2.73 bits per heavy atom. The van der Waals surface area contributed by atoms with Crippen molar-refractivity contribution in [3.63, 3.8) is 0 Å². The minimum atomic E-state index is -3.31. The van der Waals surface area contributed by atoms with E-state index in [1.807, 2.05) is 30.7 Å². The molecule has 2 aromatic heterocycles. The molecule has 2 atom stereocenters. The van der Waals surface area contributed by atoms with E-state index in [1.165, 1.54) is 4.31 Å². The van der Waals surface area contributed by atoms with Crippen LogP contribution >= 0.6 is 0 Å². The highest BCUT2D eigenvalue weighted by Crippen LogP contribution is 2.31. The van der Waals surface area contributed by atoms with Crippen LogP contribution in [-0.2, 0) is 14.8 Å². The van der Waals surface area contributed by atoms with Crippen LogP contribution < -0.4 is 0 Å². The molecule has 0 aliphatic carbocycles. The normalized spacial score (nSPS) is 21.0. The van der Waals surface area contributed by atoms with Crippen LogP contribution in [0.5, 0.6) is 0 Å². The van der Waals surface area contributed by atoms with Gasteiger partial charge in [0.1, 0.15) is 11.5 Å². The zero-order valence-corrected chi connectivity index (χ0v) is 16.3. The first kappa shape index (κ1) is 18.9. The summed E-state index contributed by atoms with van der Waals surface area (Å²) in [6, 6.07) is 1.73.